The summed E-state index contributed by atoms with van der Waals surface area (Å²) in [7, 11) is 0. The summed E-state index contributed by atoms with van der Waals surface area (Å²) in [5, 5.41) is 10.5. The molecule has 0 aliphatic heterocycles. The van der Waals surface area contributed by atoms with E-state index in [1.54, 1.807) is 13.0 Å². The first-order valence-electron chi connectivity index (χ1n) is 4.03. The van der Waals surface area contributed by atoms with Crippen LogP contribution in [0, 0.1) is 13.7 Å². The first-order chi connectivity index (χ1) is 6.56. The van der Waals surface area contributed by atoms with Crippen molar-refractivity contribution in [1.82, 2.24) is 0 Å². The lowest BCUT2D eigenvalue weighted by molar-refractivity contribution is -0.384. The Bertz CT molecular complexity index is 390. The average molecular weight is 305 g/mol. The van der Waals surface area contributed by atoms with Gasteiger partial charge in [-0.05, 0) is 28.7 Å². The maximum Gasteiger partial charge on any atom is 0.270 e. The number of benzene rings is 1. The van der Waals surface area contributed by atoms with Crippen molar-refractivity contribution in [2.75, 3.05) is 0 Å². The standard InChI is InChI=1S/C9H8INO3/c1-2-9(12)7-5-6(11(13)14)3-4-8(7)10/h3-5H,2H2,1H3. The number of non-ortho nitro benzene ring substituents is 1. The van der Waals surface area contributed by atoms with E-state index in [1.807, 2.05) is 22.6 Å². The number of carbonyl (C=O) groups excluding carboxylic acids is 1. The van der Waals surface area contributed by atoms with Gasteiger partial charge < -0.3 is 0 Å². The van der Waals surface area contributed by atoms with Gasteiger partial charge in [-0.3, -0.25) is 14.9 Å². The highest BCUT2D eigenvalue weighted by molar-refractivity contribution is 14.1. The first-order valence-corrected chi connectivity index (χ1v) is 5.11. The SMILES string of the molecule is CCC(=O)c1cc([N+](=O)[O-])ccc1I. The molecular formula is C9H8INO3. The number of nitrogens with zero attached hydrogens (tertiary/aromatic N) is 1. The quantitative estimate of drug-likeness (QED) is 0.373. The van der Waals surface area contributed by atoms with Crippen LogP contribution in [0.3, 0.4) is 0 Å². The lowest BCUT2D eigenvalue weighted by Crippen LogP contribution is -2.01. The molecule has 0 saturated carbocycles. The smallest absolute Gasteiger partial charge is 0.270 e. The first kappa shape index (κ1) is 11.1. The van der Waals surface area contributed by atoms with E-state index in [2.05, 4.69) is 0 Å². The third-order valence-corrected chi connectivity index (χ3v) is 2.72. The van der Waals surface area contributed by atoms with Crippen LogP contribution in [0.4, 0.5) is 5.69 Å². The van der Waals surface area contributed by atoms with Crippen LogP contribution in [-0.4, -0.2) is 10.7 Å². The minimum atomic E-state index is -0.498. The molecule has 0 heterocycles. The van der Waals surface area contributed by atoms with E-state index in [0.29, 0.717) is 12.0 Å². The van der Waals surface area contributed by atoms with Gasteiger partial charge in [0.25, 0.3) is 5.69 Å². The van der Waals surface area contributed by atoms with Crippen molar-refractivity contribution >= 4 is 34.1 Å². The number of hydrogen-bond donors (Lipinski definition) is 0. The van der Waals surface area contributed by atoms with E-state index in [1.165, 1.54) is 12.1 Å². The number of carbonyl (C=O) groups is 1. The van der Waals surface area contributed by atoms with Gasteiger partial charge in [0, 0.05) is 27.7 Å². The molecule has 0 atom stereocenters. The van der Waals surface area contributed by atoms with Gasteiger partial charge in [-0.25, -0.2) is 0 Å². The molecule has 0 N–H and O–H groups in total. The summed E-state index contributed by atoms with van der Waals surface area (Å²) in [4.78, 5) is 21.4. The van der Waals surface area contributed by atoms with Crippen LogP contribution in [0.25, 0.3) is 0 Å². The second-order valence-electron chi connectivity index (χ2n) is 2.70. The fourth-order valence-corrected chi connectivity index (χ4v) is 1.67. The Morgan fingerprint density at radius 3 is 2.71 bits per heavy atom. The van der Waals surface area contributed by atoms with Gasteiger partial charge in [-0.15, -0.1) is 0 Å². The molecule has 5 heteroatoms. The molecule has 0 fully saturated rings. The molecule has 0 unspecified atom stereocenters. The van der Waals surface area contributed by atoms with Crippen molar-refractivity contribution in [3.05, 3.63) is 37.4 Å². The molecule has 0 aliphatic rings. The highest BCUT2D eigenvalue weighted by Gasteiger charge is 2.13. The van der Waals surface area contributed by atoms with E-state index in [4.69, 9.17) is 0 Å². The topological polar surface area (TPSA) is 60.2 Å². The number of hydrogen-bond acceptors (Lipinski definition) is 3. The number of rotatable bonds is 3. The van der Waals surface area contributed by atoms with E-state index in [0.717, 1.165) is 3.57 Å². The van der Waals surface area contributed by atoms with Crippen LogP contribution in [0.2, 0.25) is 0 Å². The molecule has 1 aromatic carbocycles. The van der Waals surface area contributed by atoms with Gasteiger partial charge in [0.1, 0.15) is 0 Å². The van der Waals surface area contributed by atoms with Crippen LogP contribution in [0.1, 0.15) is 23.7 Å². The predicted molar refractivity (Wildman–Crippen MR) is 60.4 cm³/mol. The maximum atomic E-state index is 11.4. The summed E-state index contributed by atoms with van der Waals surface area (Å²) in [6.07, 6.45) is 0.358. The Balaban J connectivity index is 3.21. The lowest BCUT2D eigenvalue weighted by Gasteiger charge is -2.00. The summed E-state index contributed by atoms with van der Waals surface area (Å²) < 4.78 is 0.750. The Morgan fingerprint density at radius 2 is 2.21 bits per heavy atom. The molecule has 0 spiro atoms. The van der Waals surface area contributed by atoms with Gasteiger partial charge >= 0.3 is 0 Å². The minimum absolute atomic E-state index is 0.0396. The van der Waals surface area contributed by atoms with Crippen molar-refractivity contribution in [3.63, 3.8) is 0 Å². The second-order valence-corrected chi connectivity index (χ2v) is 3.86. The van der Waals surface area contributed by atoms with Gasteiger partial charge in [-0.2, -0.15) is 0 Å². The van der Waals surface area contributed by atoms with Crippen LogP contribution < -0.4 is 0 Å². The summed E-state index contributed by atoms with van der Waals surface area (Å²) in [6.45, 7) is 1.73. The third-order valence-electron chi connectivity index (χ3n) is 1.78. The molecule has 0 aliphatic carbocycles. The average Bonchev–Trinajstić information content (AvgIpc) is 2.17. The maximum absolute atomic E-state index is 11.4. The fourth-order valence-electron chi connectivity index (χ4n) is 1.03. The molecule has 4 nitrogen and oxygen atoms in total. The zero-order valence-corrected chi connectivity index (χ0v) is 9.65. The Morgan fingerprint density at radius 1 is 1.57 bits per heavy atom. The molecule has 0 radical (unpaired) electrons. The Hall–Kier alpha value is -0.980. The molecule has 0 saturated heterocycles. The van der Waals surface area contributed by atoms with Gasteiger partial charge in [-0.1, -0.05) is 6.92 Å². The Labute approximate surface area is 94.6 Å². The zero-order chi connectivity index (χ0) is 10.7. The van der Waals surface area contributed by atoms with E-state index < -0.39 is 4.92 Å². The van der Waals surface area contributed by atoms with Crippen molar-refractivity contribution in [2.24, 2.45) is 0 Å². The molecule has 0 aromatic heterocycles. The minimum Gasteiger partial charge on any atom is -0.294 e. The van der Waals surface area contributed by atoms with Crippen LogP contribution in [-0.2, 0) is 0 Å². The van der Waals surface area contributed by atoms with Crippen molar-refractivity contribution in [1.29, 1.82) is 0 Å². The van der Waals surface area contributed by atoms with E-state index >= 15 is 0 Å². The number of halogens is 1. The highest BCUT2D eigenvalue weighted by atomic mass is 127. The van der Waals surface area contributed by atoms with Crippen LogP contribution in [0.15, 0.2) is 18.2 Å². The molecule has 14 heavy (non-hydrogen) atoms. The number of nitro benzene ring substituents is 1. The summed E-state index contributed by atoms with van der Waals surface area (Å²) in [5.41, 5.74) is 0.393. The molecule has 1 aromatic rings. The van der Waals surface area contributed by atoms with Gasteiger partial charge in [0.2, 0.25) is 0 Å². The van der Waals surface area contributed by atoms with E-state index in [9.17, 15) is 14.9 Å². The Kier molecular flexibility index (Phi) is 3.56. The second kappa shape index (κ2) is 4.50. The van der Waals surface area contributed by atoms with Crippen LogP contribution in [0.5, 0.6) is 0 Å². The normalized spacial score (nSPS) is 9.86. The molecule has 74 valence electrons. The lowest BCUT2D eigenvalue weighted by atomic mass is 10.1. The van der Waals surface area contributed by atoms with Gasteiger partial charge in [0.05, 0.1) is 4.92 Å². The van der Waals surface area contributed by atoms with Gasteiger partial charge in [0.15, 0.2) is 5.78 Å². The molecular weight excluding hydrogens is 297 g/mol. The molecule has 0 bridgehead atoms. The van der Waals surface area contributed by atoms with Crippen molar-refractivity contribution in [3.8, 4) is 0 Å². The van der Waals surface area contributed by atoms with Crippen molar-refractivity contribution in [2.45, 2.75) is 13.3 Å². The summed E-state index contributed by atoms with van der Waals surface area (Å²) in [6, 6.07) is 4.31. The largest absolute Gasteiger partial charge is 0.294 e. The van der Waals surface area contributed by atoms with Crippen molar-refractivity contribution < 1.29 is 9.72 Å². The number of ketones is 1. The monoisotopic (exact) mass is 305 g/mol. The molecule has 1 rings (SSSR count). The number of Topliss-reactive ketones (excluding diaryl/α,β-unsaturated/α-hetero) is 1. The fraction of sp³-hybridized carbons (Fsp3) is 0.222. The predicted octanol–water partition coefficient (Wildman–Crippen LogP) is 2.79. The van der Waals surface area contributed by atoms with Crippen LogP contribution >= 0.6 is 22.6 Å². The molecule has 0 amide bonds. The highest BCUT2D eigenvalue weighted by Crippen LogP contribution is 2.20. The summed E-state index contributed by atoms with van der Waals surface area (Å²) >= 11 is 2.00. The van der Waals surface area contributed by atoms with E-state index in [-0.39, 0.29) is 11.5 Å². The number of nitro groups is 1. The third kappa shape index (κ3) is 2.28. The summed E-state index contributed by atoms with van der Waals surface area (Å²) in [5.74, 6) is -0.0712. The zero-order valence-electron chi connectivity index (χ0n) is 7.49.